The molecule has 0 spiro atoms. The first-order valence-corrected chi connectivity index (χ1v) is 3.16. The Morgan fingerprint density at radius 2 is 1.91 bits per heavy atom. The maximum absolute atomic E-state index is 10.7. The van der Waals surface area contributed by atoms with Gasteiger partial charge >= 0.3 is 5.97 Å². The largest absolute Gasteiger partial charge is 0.372 e. The first-order chi connectivity index (χ1) is 5.24. The molecule has 3 nitrogen and oxygen atoms in total. The molecule has 0 amide bonds. The van der Waals surface area contributed by atoms with Gasteiger partial charge in [0.05, 0.1) is 5.56 Å². The number of aryl methyl sites for hydroxylation is 1. The molecule has 11 heavy (non-hydrogen) atoms. The number of hydrogen-bond acceptors (Lipinski definition) is 3. The van der Waals surface area contributed by atoms with E-state index in [1.54, 1.807) is 24.3 Å². The monoisotopic (exact) mass is 152 g/mol. The summed E-state index contributed by atoms with van der Waals surface area (Å²) in [6.07, 6.45) is 0. The normalized spacial score (nSPS) is 9.27. The molecule has 1 N–H and O–H groups in total. The van der Waals surface area contributed by atoms with Gasteiger partial charge in [0.2, 0.25) is 0 Å². The van der Waals surface area contributed by atoms with E-state index in [-0.39, 0.29) is 0 Å². The highest BCUT2D eigenvalue weighted by Gasteiger charge is 2.04. The molecule has 0 atom stereocenters. The SMILES string of the molecule is Cc1ccc(C(=O)OO)cc1. The zero-order valence-corrected chi connectivity index (χ0v) is 6.07. The van der Waals surface area contributed by atoms with E-state index in [1.807, 2.05) is 6.92 Å². The van der Waals surface area contributed by atoms with Gasteiger partial charge in [-0.1, -0.05) is 17.7 Å². The lowest BCUT2D eigenvalue weighted by atomic mass is 10.2. The van der Waals surface area contributed by atoms with Crippen LogP contribution in [0.5, 0.6) is 0 Å². The van der Waals surface area contributed by atoms with Crippen LogP contribution in [-0.2, 0) is 4.89 Å². The van der Waals surface area contributed by atoms with Crippen LogP contribution in [0.1, 0.15) is 15.9 Å². The molecule has 1 aromatic carbocycles. The maximum atomic E-state index is 10.7. The summed E-state index contributed by atoms with van der Waals surface area (Å²) in [6.45, 7) is 1.91. The molecule has 0 fully saturated rings. The smallest absolute Gasteiger partial charge is 0.296 e. The number of carbonyl (C=O) groups is 1. The van der Waals surface area contributed by atoms with Crippen molar-refractivity contribution < 1.29 is 14.9 Å². The van der Waals surface area contributed by atoms with E-state index in [9.17, 15) is 4.79 Å². The maximum Gasteiger partial charge on any atom is 0.372 e. The second kappa shape index (κ2) is 3.16. The first kappa shape index (κ1) is 7.75. The van der Waals surface area contributed by atoms with Crippen LogP contribution in [0, 0.1) is 6.92 Å². The van der Waals surface area contributed by atoms with Gasteiger partial charge in [0, 0.05) is 0 Å². The molecular weight excluding hydrogens is 144 g/mol. The van der Waals surface area contributed by atoms with Crippen molar-refractivity contribution in [1.82, 2.24) is 0 Å². The molecule has 0 heterocycles. The molecular formula is C8H8O3. The lowest BCUT2D eigenvalue weighted by molar-refractivity contribution is -0.182. The van der Waals surface area contributed by atoms with Crippen LogP contribution >= 0.6 is 0 Å². The molecule has 1 rings (SSSR count). The van der Waals surface area contributed by atoms with E-state index in [0.717, 1.165) is 5.56 Å². The average Bonchev–Trinajstić information content (AvgIpc) is 2.05. The number of benzene rings is 1. The van der Waals surface area contributed by atoms with Crippen molar-refractivity contribution in [2.75, 3.05) is 0 Å². The minimum absolute atomic E-state index is 0.345. The van der Waals surface area contributed by atoms with Crippen LogP contribution in [0.3, 0.4) is 0 Å². The number of hydrogen-bond donors (Lipinski definition) is 1. The van der Waals surface area contributed by atoms with E-state index in [1.165, 1.54) is 0 Å². The Morgan fingerprint density at radius 3 is 2.36 bits per heavy atom. The molecule has 0 saturated heterocycles. The summed E-state index contributed by atoms with van der Waals surface area (Å²) in [6, 6.07) is 6.72. The van der Waals surface area contributed by atoms with Crippen molar-refractivity contribution in [3.05, 3.63) is 35.4 Å². The fourth-order valence-corrected chi connectivity index (χ4v) is 0.742. The number of carbonyl (C=O) groups excluding carboxylic acids is 1. The zero-order chi connectivity index (χ0) is 8.27. The van der Waals surface area contributed by atoms with Crippen LogP contribution in [-0.4, -0.2) is 11.2 Å². The Labute approximate surface area is 64.2 Å². The summed E-state index contributed by atoms with van der Waals surface area (Å²) in [7, 11) is 0. The van der Waals surface area contributed by atoms with E-state index in [0.29, 0.717) is 5.56 Å². The Bertz CT molecular complexity index is 251. The van der Waals surface area contributed by atoms with Gasteiger partial charge in [-0.2, -0.15) is 5.26 Å². The fraction of sp³-hybridized carbons (Fsp3) is 0.125. The van der Waals surface area contributed by atoms with Crippen LogP contribution < -0.4 is 0 Å². The summed E-state index contributed by atoms with van der Waals surface area (Å²) < 4.78 is 0. The average molecular weight is 152 g/mol. The van der Waals surface area contributed by atoms with E-state index in [2.05, 4.69) is 4.89 Å². The van der Waals surface area contributed by atoms with Crippen molar-refractivity contribution >= 4 is 5.97 Å². The van der Waals surface area contributed by atoms with Gasteiger partial charge in [0.25, 0.3) is 0 Å². The Hall–Kier alpha value is -1.35. The van der Waals surface area contributed by atoms with Gasteiger partial charge in [0.1, 0.15) is 0 Å². The van der Waals surface area contributed by atoms with Crippen LogP contribution in [0.15, 0.2) is 24.3 Å². The zero-order valence-electron chi connectivity index (χ0n) is 6.07. The topological polar surface area (TPSA) is 46.5 Å². The minimum Gasteiger partial charge on any atom is -0.296 e. The third kappa shape index (κ3) is 1.78. The molecule has 0 aliphatic rings. The summed E-state index contributed by atoms with van der Waals surface area (Å²) in [5.74, 6) is -0.731. The summed E-state index contributed by atoms with van der Waals surface area (Å²) in [5.41, 5.74) is 1.40. The third-order valence-corrected chi connectivity index (χ3v) is 1.37. The lowest BCUT2D eigenvalue weighted by Crippen LogP contribution is -2.00. The molecule has 0 aliphatic heterocycles. The first-order valence-electron chi connectivity index (χ1n) is 3.16. The van der Waals surface area contributed by atoms with Crippen LogP contribution in [0.2, 0.25) is 0 Å². The van der Waals surface area contributed by atoms with Crippen molar-refractivity contribution in [3.8, 4) is 0 Å². The molecule has 0 radical (unpaired) electrons. The molecule has 58 valence electrons. The Balaban J connectivity index is 2.90. The minimum atomic E-state index is -0.731. The Morgan fingerprint density at radius 1 is 1.36 bits per heavy atom. The van der Waals surface area contributed by atoms with E-state index < -0.39 is 5.97 Å². The van der Waals surface area contributed by atoms with E-state index in [4.69, 9.17) is 5.26 Å². The van der Waals surface area contributed by atoms with Gasteiger partial charge in [0.15, 0.2) is 0 Å². The Kier molecular flexibility index (Phi) is 2.23. The predicted octanol–water partition coefficient (Wildman–Crippen LogP) is 1.62. The molecule has 3 heteroatoms. The summed E-state index contributed by atoms with van der Waals surface area (Å²) >= 11 is 0. The van der Waals surface area contributed by atoms with Crippen molar-refractivity contribution in [2.24, 2.45) is 0 Å². The van der Waals surface area contributed by atoms with Gasteiger partial charge in [-0.05, 0) is 19.1 Å². The standard InChI is InChI=1S/C8H8O3/c1-6-2-4-7(5-3-6)8(9)11-10/h2-5,10H,1H3. The van der Waals surface area contributed by atoms with Gasteiger partial charge < -0.3 is 0 Å². The predicted molar refractivity (Wildman–Crippen MR) is 39.2 cm³/mol. The van der Waals surface area contributed by atoms with Gasteiger partial charge in [-0.15, -0.1) is 0 Å². The fourth-order valence-electron chi connectivity index (χ4n) is 0.742. The highest BCUT2D eigenvalue weighted by atomic mass is 17.1. The van der Waals surface area contributed by atoms with Crippen molar-refractivity contribution in [1.29, 1.82) is 0 Å². The summed E-state index contributed by atoms with van der Waals surface area (Å²) in [4.78, 5) is 14.2. The van der Waals surface area contributed by atoms with Gasteiger partial charge in [-0.3, -0.25) is 4.89 Å². The van der Waals surface area contributed by atoms with E-state index >= 15 is 0 Å². The van der Waals surface area contributed by atoms with Crippen LogP contribution in [0.4, 0.5) is 0 Å². The number of rotatable bonds is 1. The second-order valence-electron chi connectivity index (χ2n) is 2.24. The van der Waals surface area contributed by atoms with Crippen LogP contribution in [0.25, 0.3) is 0 Å². The molecule has 0 unspecified atom stereocenters. The summed E-state index contributed by atoms with van der Waals surface area (Å²) in [5, 5.41) is 8.01. The lowest BCUT2D eigenvalue weighted by Gasteiger charge is -1.95. The molecule has 0 aliphatic carbocycles. The quantitative estimate of drug-likeness (QED) is 0.491. The molecule has 0 bridgehead atoms. The highest BCUT2D eigenvalue weighted by molar-refractivity contribution is 5.88. The van der Waals surface area contributed by atoms with Gasteiger partial charge in [-0.25, -0.2) is 4.79 Å². The molecule has 0 saturated carbocycles. The highest BCUT2D eigenvalue weighted by Crippen LogP contribution is 2.03. The second-order valence-corrected chi connectivity index (χ2v) is 2.24. The van der Waals surface area contributed by atoms with Crippen molar-refractivity contribution in [3.63, 3.8) is 0 Å². The molecule has 0 aromatic heterocycles. The van der Waals surface area contributed by atoms with Crippen molar-refractivity contribution in [2.45, 2.75) is 6.92 Å². The third-order valence-electron chi connectivity index (χ3n) is 1.37. The molecule has 1 aromatic rings.